The van der Waals surface area contributed by atoms with E-state index < -0.39 is 0 Å². The van der Waals surface area contributed by atoms with Gasteiger partial charge in [0.2, 0.25) is 0 Å². The molecule has 0 radical (unpaired) electrons. The van der Waals surface area contributed by atoms with Crippen molar-refractivity contribution in [1.29, 1.82) is 0 Å². The third-order valence-corrected chi connectivity index (χ3v) is 3.88. The van der Waals surface area contributed by atoms with Crippen molar-refractivity contribution in [3.8, 4) is 0 Å². The molecule has 1 nitrogen and oxygen atoms in total. The van der Waals surface area contributed by atoms with Gasteiger partial charge in [0.25, 0.3) is 0 Å². The van der Waals surface area contributed by atoms with Crippen LogP contribution in [0.25, 0.3) is 0 Å². The molecule has 2 aliphatic rings. The summed E-state index contributed by atoms with van der Waals surface area (Å²) in [5.41, 5.74) is 1.23. The largest absolute Gasteiger partial charge is 0.287 e. The Morgan fingerprint density at radius 3 is 1.82 bits per heavy atom. The van der Waals surface area contributed by atoms with E-state index in [2.05, 4.69) is 18.7 Å². The van der Waals surface area contributed by atoms with E-state index in [4.69, 9.17) is 0 Å². The molecule has 1 aromatic rings. The first-order chi connectivity index (χ1) is 7.61. The van der Waals surface area contributed by atoms with E-state index in [9.17, 15) is 8.78 Å². The average molecular weight is 260 g/mol. The SMILES string of the molecule is CC(C)N1C2CCC1c1c(F)ccc(F)c12.Cl. The standard InChI is InChI=1S/C13H15F2N.ClH/c1-7(2)16-10-5-6-11(16)13-9(15)4-3-8(14)12(10)13;/h3-4,7,10-11H,5-6H2,1-2H3;1H. The van der Waals surface area contributed by atoms with E-state index in [0.29, 0.717) is 17.2 Å². The average Bonchev–Trinajstić information content (AvgIpc) is 2.79. The van der Waals surface area contributed by atoms with Gasteiger partial charge in [-0.05, 0) is 38.8 Å². The van der Waals surface area contributed by atoms with Gasteiger partial charge < -0.3 is 0 Å². The maximum absolute atomic E-state index is 13.8. The summed E-state index contributed by atoms with van der Waals surface area (Å²) in [7, 11) is 0. The van der Waals surface area contributed by atoms with Crippen LogP contribution in [0.5, 0.6) is 0 Å². The maximum atomic E-state index is 13.8. The van der Waals surface area contributed by atoms with Crippen LogP contribution in [0.3, 0.4) is 0 Å². The van der Waals surface area contributed by atoms with Gasteiger partial charge in [-0.3, -0.25) is 4.90 Å². The minimum Gasteiger partial charge on any atom is -0.287 e. The molecule has 0 N–H and O–H groups in total. The fraction of sp³-hybridized carbons (Fsp3) is 0.538. The lowest BCUT2D eigenvalue weighted by atomic mass is 9.91. The monoisotopic (exact) mass is 259 g/mol. The molecule has 4 heteroatoms. The van der Waals surface area contributed by atoms with Crippen LogP contribution in [0.1, 0.15) is 49.9 Å². The minimum atomic E-state index is -0.241. The second kappa shape index (κ2) is 4.21. The van der Waals surface area contributed by atoms with Crippen LogP contribution >= 0.6 is 12.4 Å². The van der Waals surface area contributed by atoms with Crippen LogP contribution in [0.4, 0.5) is 8.78 Å². The Balaban J connectivity index is 0.00000108. The normalized spacial score (nSPS) is 26.2. The molecule has 17 heavy (non-hydrogen) atoms. The van der Waals surface area contributed by atoms with Crippen molar-refractivity contribution >= 4 is 12.4 Å². The number of fused-ring (bicyclic) bond motifs is 5. The second-order valence-corrected chi connectivity index (χ2v) is 5.01. The number of benzene rings is 1. The van der Waals surface area contributed by atoms with E-state index >= 15 is 0 Å². The summed E-state index contributed by atoms with van der Waals surface area (Å²) in [6.45, 7) is 4.18. The van der Waals surface area contributed by atoms with E-state index in [1.807, 2.05) is 0 Å². The quantitative estimate of drug-likeness (QED) is 0.737. The Hall–Kier alpha value is -0.670. The van der Waals surface area contributed by atoms with Crippen molar-refractivity contribution in [1.82, 2.24) is 4.90 Å². The molecule has 3 rings (SSSR count). The fourth-order valence-corrected chi connectivity index (χ4v) is 3.40. The predicted octanol–water partition coefficient (Wildman–Crippen LogP) is 3.99. The first kappa shape index (κ1) is 12.8. The third-order valence-electron chi connectivity index (χ3n) is 3.88. The van der Waals surface area contributed by atoms with Crippen molar-refractivity contribution in [2.45, 2.75) is 44.8 Å². The van der Waals surface area contributed by atoms with Crippen molar-refractivity contribution in [3.63, 3.8) is 0 Å². The number of hydrogen-bond donors (Lipinski definition) is 0. The van der Waals surface area contributed by atoms with E-state index in [1.165, 1.54) is 12.1 Å². The molecule has 1 fully saturated rings. The molecule has 0 spiro atoms. The molecular weight excluding hydrogens is 244 g/mol. The maximum Gasteiger partial charge on any atom is 0.128 e. The Labute approximate surface area is 106 Å². The Morgan fingerprint density at radius 1 is 1.06 bits per heavy atom. The van der Waals surface area contributed by atoms with Gasteiger partial charge in [0.05, 0.1) is 0 Å². The molecular formula is C13H16ClF2N. The zero-order valence-corrected chi connectivity index (χ0v) is 10.7. The number of rotatable bonds is 1. The Kier molecular flexibility index (Phi) is 3.17. The van der Waals surface area contributed by atoms with Gasteiger partial charge in [0.15, 0.2) is 0 Å². The van der Waals surface area contributed by atoms with Gasteiger partial charge >= 0.3 is 0 Å². The first-order valence-corrected chi connectivity index (χ1v) is 5.86. The van der Waals surface area contributed by atoms with Gasteiger partial charge in [-0.2, -0.15) is 0 Å². The molecule has 94 valence electrons. The molecule has 0 amide bonds. The Morgan fingerprint density at radius 2 is 1.47 bits per heavy atom. The molecule has 0 aromatic heterocycles. The summed E-state index contributed by atoms with van der Waals surface area (Å²) >= 11 is 0. The van der Waals surface area contributed by atoms with E-state index in [0.717, 1.165) is 12.8 Å². The molecule has 2 aliphatic heterocycles. The lowest BCUT2D eigenvalue weighted by Crippen LogP contribution is -2.27. The second-order valence-electron chi connectivity index (χ2n) is 5.01. The molecule has 0 aliphatic carbocycles. The summed E-state index contributed by atoms with van der Waals surface area (Å²) in [6.07, 6.45) is 1.91. The van der Waals surface area contributed by atoms with Crippen molar-refractivity contribution in [2.75, 3.05) is 0 Å². The van der Waals surface area contributed by atoms with Crippen molar-refractivity contribution in [2.24, 2.45) is 0 Å². The fourth-order valence-electron chi connectivity index (χ4n) is 3.40. The highest BCUT2D eigenvalue weighted by Gasteiger charge is 2.47. The number of halogens is 3. The van der Waals surface area contributed by atoms with Gasteiger partial charge in [0.1, 0.15) is 11.6 Å². The number of nitrogens with zero attached hydrogens (tertiary/aromatic N) is 1. The zero-order chi connectivity index (χ0) is 11.4. The van der Waals surface area contributed by atoms with Gasteiger partial charge in [0, 0.05) is 29.3 Å². The Bertz CT molecular complexity index is 410. The lowest BCUT2D eigenvalue weighted by Gasteiger charge is -2.26. The zero-order valence-electron chi connectivity index (χ0n) is 9.91. The predicted molar refractivity (Wildman–Crippen MR) is 65.3 cm³/mol. The lowest BCUT2D eigenvalue weighted by molar-refractivity contribution is 0.171. The minimum absolute atomic E-state index is 0. The van der Waals surface area contributed by atoms with Crippen LogP contribution in [0.2, 0.25) is 0 Å². The summed E-state index contributed by atoms with van der Waals surface area (Å²) in [6, 6.07) is 3.04. The summed E-state index contributed by atoms with van der Waals surface area (Å²) in [4.78, 5) is 2.25. The van der Waals surface area contributed by atoms with E-state index in [1.54, 1.807) is 0 Å². The van der Waals surface area contributed by atoms with Gasteiger partial charge in [-0.25, -0.2) is 8.78 Å². The van der Waals surface area contributed by atoms with Crippen LogP contribution in [-0.2, 0) is 0 Å². The summed E-state index contributed by atoms with van der Waals surface area (Å²) in [5, 5.41) is 0. The van der Waals surface area contributed by atoms with E-state index in [-0.39, 0.29) is 36.1 Å². The smallest absolute Gasteiger partial charge is 0.128 e. The molecule has 2 bridgehead atoms. The molecule has 0 saturated carbocycles. The molecule has 1 aromatic carbocycles. The first-order valence-electron chi connectivity index (χ1n) is 5.86. The van der Waals surface area contributed by atoms with Crippen molar-refractivity contribution in [3.05, 3.63) is 34.9 Å². The molecule has 2 atom stereocenters. The topological polar surface area (TPSA) is 3.24 Å². The highest BCUT2D eigenvalue weighted by Crippen LogP contribution is 2.55. The highest BCUT2D eigenvalue weighted by atomic mass is 35.5. The number of hydrogen-bond acceptors (Lipinski definition) is 1. The summed E-state index contributed by atoms with van der Waals surface area (Å²) in [5.74, 6) is -0.483. The van der Waals surface area contributed by atoms with Crippen molar-refractivity contribution < 1.29 is 8.78 Å². The van der Waals surface area contributed by atoms with Crippen LogP contribution in [0.15, 0.2) is 12.1 Å². The van der Waals surface area contributed by atoms with Crippen LogP contribution < -0.4 is 0 Å². The molecule has 2 heterocycles. The summed E-state index contributed by atoms with van der Waals surface area (Å²) < 4.78 is 27.5. The van der Waals surface area contributed by atoms with Crippen LogP contribution in [-0.4, -0.2) is 10.9 Å². The molecule has 1 saturated heterocycles. The van der Waals surface area contributed by atoms with Gasteiger partial charge in [-0.15, -0.1) is 12.4 Å². The highest BCUT2D eigenvalue weighted by molar-refractivity contribution is 5.85. The van der Waals surface area contributed by atoms with Gasteiger partial charge in [-0.1, -0.05) is 0 Å². The molecule has 2 unspecified atom stereocenters. The van der Waals surface area contributed by atoms with Crippen LogP contribution in [0, 0.1) is 11.6 Å². The third kappa shape index (κ3) is 1.59.